The van der Waals surface area contributed by atoms with Crippen LogP contribution in [0.4, 0.5) is 0 Å². The van der Waals surface area contributed by atoms with E-state index in [1.54, 1.807) is 18.4 Å². The van der Waals surface area contributed by atoms with Gasteiger partial charge in [-0.1, -0.05) is 0 Å². The molecule has 0 aromatic carbocycles. The van der Waals surface area contributed by atoms with Crippen LogP contribution >= 0.6 is 11.3 Å². The van der Waals surface area contributed by atoms with Crippen LogP contribution in [0.3, 0.4) is 0 Å². The minimum absolute atomic E-state index is 0.387. The van der Waals surface area contributed by atoms with Gasteiger partial charge in [0, 0.05) is 12.5 Å². The van der Waals surface area contributed by atoms with Gasteiger partial charge in [0.15, 0.2) is 0 Å². The van der Waals surface area contributed by atoms with Gasteiger partial charge in [0.2, 0.25) is 0 Å². The van der Waals surface area contributed by atoms with E-state index in [0.717, 1.165) is 18.0 Å². The molecular weight excluding hydrogens is 196 g/mol. The molecule has 0 aliphatic heterocycles. The normalized spacial score (nSPS) is 18.4. The van der Waals surface area contributed by atoms with Crippen molar-refractivity contribution in [2.24, 2.45) is 11.1 Å². The summed E-state index contributed by atoms with van der Waals surface area (Å²) in [6, 6.07) is 0. The number of hydrogen-bond donors (Lipinski definition) is 1. The second-order valence-corrected chi connectivity index (χ2v) is 4.99. The maximum atomic E-state index is 5.73. The van der Waals surface area contributed by atoms with Crippen molar-refractivity contribution in [2.45, 2.75) is 25.9 Å². The first-order chi connectivity index (χ1) is 6.78. The molecule has 1 aromatic rings. The molecule has 4 heteroatoms. The Bertz CT molecular complexity index is 307. The van der Waals surface area contributed by atoms with E-state index < -0.39 is 0 Å². The van der Waals surface area contributed by atoms with E-state index in [-0.39, 0.29) is 0 Å². The summed E-state index contributed by atoms with van der Waals surface area (Å²) in [5.74, 6) is 0. The third-order valence-corrected chi connectivity index (χ3v) is 3.68. The molecule has 78 valence electrons. The highest BCUT2D eigenvalue weighted by atomic mass is 32.1. The van der Waals surface area contributed by atoms with Crippen LogP contribution in [0, 0.1) is 5.41 Å². The van der Waals surface area contributed by atoms with Crippen molar-refractivity contribution >= 4 is 11.3 Å². The second kappa shape index (κ2) is 3.96. The molecule has 1 heterocycles. The van der Waals surface area contributed by atoms with Crippen LogP contribution in [-0.4, -0.2) is 18.6 Å². The molecule has 1 aliphatic rings. The summed E-state index contributed by atoms with van der Waals surface area (Å²) in [5, 5.41) is 3.19. The predicted octanol–water partition coefficient (Wildman–Crippen LogP) is 1.57. The number of aromatic nitrogens is 1. The largest absolute Gasteiger partial charge is 0.378 e. The van der Waals surface area contributed by atoms with Crippen LogP contribution in [-0.2, 0) is 17.8 Å². The van der Waals surface area contributed by atoms with E-state index in [1.807, 2.05) is 0 Å². The maximum absolute atomic E-state index is 5.73. The van der Waals surface area contributed by atoms with E-state index in [9.17, 15) is 0 Å². The molecule has 1 aromatic heterocycles. The Morgan fingerprint density at radius 3 is 3.00 bits per heavy atom. The number of ether oxygens (including phenoxy) is 1. The molecule has 0 radical (unpaired) electrons. The zero-order valence-electron chi connectivity index (χ0n) is 8.45. The Kier molecular flexibility index (Phi) is 2.85. The first-order valence-electron chi connectivity index (χ1n) is 4.90. The number of nitrogens with zero attached hydrogens (tertiary/aromatic N) is 1. The average Bonchev–Trinajstić information content (AvgIpc) is 2.82. The second-order valence-electron chi connectivity index (χ2n) is 4.05. The lowest BCUT2D eigenvalue weighted by Crippen LogP contribution is -2.18. The Hall–Kier alpha value is -0.450. The Labute approximate surface area is 88.3 Å². The summed E-state index contributed by atoms with van der Waals surface area (Å²) in [4.78, 5) is 4.51. The molecule has 2 rings (SSSR count). The smallest absolute Gasteiger partial charge is 0.119 e. The zero-order chi connectivity index (χ0) is 10.0. The third-order valence-electron chi connectivity index (χ3n) is 2.81. The third kappa shape index (κ3) is 2.13. The minimum atomic E-state index is 0.387. The molecule has 1 fully saturated rings. The SMILES string of the molecule is COCc1nc(CC2(CN)CC2)cs1. The highest BCUT2D eigenvalue weighted by molar-refractivity contribution is 7.09. The molecule has 0 atom stereocenters. The number of rotatable bonds is 5. The highest BCUT2D eigenvalue weighted by Crippen LogP contribution is 2.47. The van der Waals surface area contributed by atoms with Crippen molar-refractivity contribution in [3.63, 3.8) is 0 Å². The standard InChI is InChI=1S/C10H16N2OS/c1-13-5-9-12-8(6-14-9)4-10(7-11)2-3-10/h6H,2-5,7,11H2,1H3. The lowest BCUT2D eigenvalue weighted by atomic mass is 10.0. The van der Waals surface area contributed by atoms with Gasteiger partial charge in [-0.25, -0.2) is 4.98 Å². The topological polar surface area (TPSA) is 48.1 Å². The number of nitrogens with two attached hydrogens (primary N) is 1. The van der Waals surface area contributed by atoms with E-state index >= 15 is 0 Å². The molecule has 2 N–H and O–H groups in total. The fraction of sp³-hybridized carbons (Fsp3) is 0.700. The summed E-state index contributed by atoms with van der Waals surface area (Å²) >= 11 is 1.68. The molecule has 1 saturated carbocycles. The summed E-state index contributed by atoms with van der Waals surface area (Å²) in [5.41, 5.74) is 7.31. The van der Waals surface area contributed by atoms with E-state index in [2.05, 4.69) is 10.4 Å². The monoisotopic (exact) mass is 212 g/mol. The quantitative estimate of drug-likeness (QED) is 0.806. The molecule has 0 saturated heterocycles. The van der Waals surface area contributed by atoms with Crippen LogP contribution in [0.5, 0.6) is 0 Å². The zero-order valence-corrected chi connectivity index (χ0v) is 9.27. The number of hydrogen-bond acceptors (Lipinski definition) is 4. The highest BCUT2D eigenvalue weighted by Gasteiger charge is 2.41. The Balaban J connectivity index is 1.96. The molecule has 1 aliphatic carbocycles. The first-order valence-corrected chi connectivity index (χ1v) is 5.78. The average molecular weight is 212 g/mol. The molecule has 0 amide bonds. The predicted molar refractivity (Wildman–Crippen MR) is 57.3 cm³/mol. The van der Waals surface area contributed by atoms with Crippen molar-refractivity contribution in [2.75, 3.05) is 13.7 Å². The minimum Gasteiger partial charge on any atom is -0.378 e. The summed E-state index contributed by atoms with van der Waals surface area (Å²) in [7, 11) is 1.70. The number of thiazole rings is 1. The van der Waals surface area contributed by atoms with Gasteiger partial charge in [0.25, 0.3) is 0 Å². The molecule has 0 spiro atoms. The Morgan fingerprint density at radius 2 is 2.43 bits per heavy atom. The Morgan fingerprint density at radius 1 is 1.64 bits per heavy atom. The maximum Gasteiger partial charge on any atom is 0.119 e. The molecule has 3 nitrogen and oxygen atoms in total. The lowest BCUT2D eigenvalue weighted by Gasteiger charge is -2.08. The van der Waals surface area contributed by atoms with Crippen molar-refractivity contribution in [3.05, 3.63) is 16.1 Å². The number of methoxy groups -OCH3 is 1. The van der Waals surface area contributed by atoms with Crippen molar-refractivity contribution in [3.8, 4) is 0 Å². The van der Waals surface area contributed by atoms with Crippen LogP contribution in [0.25, 0.3) is 0 Å². The van der Waals surface area contributed by atoms with E-state index in [0.29, 0.717) is 12.0 Å². The van der Waals surface area contributed by atoms with Gasteiger partial charge in [-0.3, -0.25) is 0 Å². The van der Waals surface area contributed by atoms with Crippen LogP contribution in [0.1, 0.15) is 23.5 Å². The van der Waals surface area contributed by atoms with Crippen molar-refractivity contribution < 1.29 is 4.74 Å². The van der Waals surface area contributed by atoms with Crippen molar-refractivity contribution in [1.29, 1.82) is 0 Å². The van der Waals surface area contributed by atoms with Crippen LogP contribution in [0.2, 0.25) is 0 Å². The summed E-state index contributed by atoms with van der Waals surface area (Å²) in [6.45, 7) is 1.42. The van der Waals surface area contributed by atoms with Gasteiger partial charge in [0.1, 0.15) is 5.01 Å². The molecule has 0 bridgehead atoms. The van der Waals surface area contributed by atoms with E-state index in [4.69, 9.17) is 10.5 Å². The van der Waals surface area contributed by atoms with E-state index in [1.165, 1.54) is 18.5 Å². The van der Waals surface area contributed by atoms with Gasteiger partial charge < -0.3 is 10.5 Å². The van der Waals surface area contributed by atoms with Gasteiger partial charge in [-0.05, 0) is 31.2 Å². The summed E-state index contributed by atoms with van der Waals surface area (Å²) < 4.78 is 5.04. The van der Waals surface area contributed by atoms with Gasteiger partial charge in [-0.15, -0.1) is 11.3 Å². The molecule has 14 heavy (non-hydrogen) atoms. The van der Waals surface area contributed by atoms with Gasteiger partial charge in [-0.2, -0.15) is 0 Å². The fourth-order valence-corrected chi connectivity index (χ4v) is 2.40. The first kappa shape index (κ1) is 10.1. The lowest BCUT2D eigenvalue weighted by molar-refractivity contribution is 0.184. The summed E-state index contributed by atoms with van der Waals surface area (Å²) in [6.07, 6.45) is 3.57. The van der Waals surface area contributed by atoms with Crippen LogP contribution in [0.15, 0.2) is 5.38 Å². The van der Waals surface area contributed by atoms with Crippen LogP contribution < -0.4 is 5.73 Å². The molecular formula is C10H16N2OS. The fourth-order valence-electron chi connectivity index (χ4n) is 1.63. The van der Waals surface area contributed by atoms with Crippen molar-refractivity contribution in [1.82, 2.24) is 4.98 Å². The molecule has 0 unspecified atom stereocenters. The van der Waals surface area contributed by atoms with Gasteiger partial charge >= 0.3 is 0 Å². The van der Waals surface area contributed by atoms with Gasteiger partial charge in [0.05, 0.1) is 12.3 Å².